The van der Waals surface area contributed by atoms with Gasteiger partial charge in [-0.05, 0) is 32.4 Å². The topological polar surface area (TPSA) is 53.4 Å². The fourth-order valence-electron chi connectivity index (χ4n) is 1.73. The fraction of sp³-hybridized carbons (Fsp3) is 0.538. The van der Waals surface area contributed by atoms with Crippen LogP contribution in [0.4, 0.5) is 0 Å². The minimum Gasteiger partial charge on any atom is -0.389 e. The molecule has 100 valence electrons. The molecule has 0 unspecified atom stereocenters. The van der Waals surface area contributed by atoms with Crippen molar-refractivity contribution in [3.05, 3.63) is 28.5 Å². The Balaban J connectivity index is 2.93. The highest BCUT2D eigenvalue weighted by Gasteiger charge is 2.21. The molecule has 0 aliphatic heterocycles. The van der Waals surface area contributed by atoms with Gasteiger partial charge in [0.05, 0.1) is 5.60 Å². The quantitative estimate of drug-likeness (QED) is 0.853. The molecule has 0 saturated carbocycles. The lowest BCUT2D eigenvalue weighted by molar-refractivity contribution is 0.0368. The lowest BCUT2D eigenvalue weighted by Crippen LogP contribution is -2.39. The summed E-state index contributed by atoms with van der Waals surface area (Å²) in [6.07, 6.45) is 0.718. The van der Waals surface area contributed by atoms with Gasteiger partial charge in [0.15, 0.2) is 0 Å². The summed E-state index contributed by atoms with van der Waals surface area (Å²) >= 11 is 5.88. The first-order chi connectivity index (χ1) is 8.23. The molecular formula is C13H19ClN2O2. The minimum atomic E-state index is -0.922. The molecule has 18 heavy (non-hydrogen) atoms. The predicted molar refractivity (Wildman–Crippen MR) is 71.9 cm³/mol. The molecule has 1 heterocycles. The van der Waals surface area contributed by atoms with Crippen molar-refractivity contribution >= 4 is 17.5 Å². The number of hydrogen-bond donors (Lipinski definition) is 1. The Hall–Kier alpha value is -1.13. The molecule has 0 bridgehead atoms. The Kier molecular flexibility index (Phi) is 4.71. The number of amides is 1. The molecule has 0 saturated heterocycles. The maximum atomic E-state index is 12.2. The van der Waals surface area contributed by atoms with E-state index in [2.05, 4.69) is 4.98 Å². The highest BCUT2D eigenvalue weighted by atomic mass is 35.5. The number of carbonyl (C=O) groups excluding carboxylic acids is 1. The molecule has 0 aliphatic carbocycles. The first-order valence-electron chi connectivity index (χ1n) is 5.87. The average molecular weight is 271 g/mol. The molecule has 0 spiro atoms. The molecule has 0 atom stereocenters. The van der Waals surface area contributed by atoms with Gasteiger partial charge in [0.25, 0.3) is 5.91 Å². The molecule has 0 aliphatic rings. The molecule has 1 N–H and O–H groups in total. The number of likely N-dealkylation sites (N-methyl/N-ethyl adjacent to an activating group) is 1. The fourth-order valence-corrected chi connectivity index (χ4v) is 1.95. The van der Waals surface area contributed by atoms with Crippen LogP contribution in [0, 0.1) is 0 Å². The zero-order valence-electron chi connectivity index (χ0n) is 11.2. The SMILES string of the molecule is CCc1cc(C(=O)N(C)CC(C)(C)O)cc(Cl)n1. The van der Waals surface area contributed by atoms with Crippen molar-refractivity contribution in [2.24, 2.45) is 0 Å². The van der Waals surface area contributed by atoms with Gasteiger partial charge in [-0.1, -0.05) is 18.5 Å². The van der Waals surface area contributed by atoms with E-state index in [4.69, 9.17) is 11.6 Å². The number of aryl methyl sites for hydroxylation is 1. The van der Waals surface area contributed by atoms with E-state index in [1.807, 2.05) is 6.92 Å². The third-order valence-electron chi connectivity index (χ3n) is 2.43. The van der Waals surface area contributed by atoms with Gasteiger partial charge in [-0.15, -0.1) is 0 Å². The summed E-state index contributed by atoms with van der Waals surface area (Å²) in [5.74, 6) is -0.170. The van der Waals surface area contributed by atoms with Crippen LogP contribution in [0.3, 0.4) is 0 Å². The van der Waals surface area contributed by atoms with E-state index in [9.17, 15) is 9.90 Å². The van der Waals surface area contributed by atoms with Crippen molar-refractivity contribution in [1.29, 1.82) is 0 Å². The maximum absolute atomic E-state index is 12.2. The third-order valence-corrected chi connectivity index (χ3v) is 2.62. The largest absolute Gasteiger partial charge is 0.389 e. The van der Waals surface area contributed by atoms with Gasteiger partial charge in [-0.25, -0.2) is 4.98 Å². The van der Waals surface area contributed by atoms with Crippen molar-refractivity contribution in [2.75, 3.05) is 13.6 Å². The number of hydrogen-bond acceptors (Lipinski definition) is 3. The van der Waals surface area contributed by atoms with Gasteiger partial charge < -0.3 is 10.0 Å². The second-order valence-corrected chi connectivity index (χ2v) is 5.38. The van der Waals surface area contributed by atoms with Crippen LogP contribution in [0.1, 0.15) is 36.8 Å². The van der Waals surface area contributed by atoms with Crippen LogP contribution in [0.25, 0.3) is 0 Å². The summed E-state index contributed by atoms with van der Waals surface area (Å²) in [4.78, 5) is 17.8. The molecule has 0 aromatic carbocycles. The van der Waals surface area contributed by atoms with Crippen LogP contribution in [0.2, 0.25) is 5.15 Å². The second kappa shape index (κ2) is 5.67. The molecule has 0 radical (unpaired) electrons. The molecular weight excluding hydrogens is 252 g/mol. The maximum Gasteiger partial charge on any atom is 0.253 e. The van der Waals surface area contributed by atoms with Crippen molar-refractivity contribution in [1.82, 2.24) is 9.88 Å². The average Bonchev–Trinajstić information content (AvgIpc) is 2.24. The van der Waals surface area contributed by atoms with E-state index in [-0.39, 0.29) is 12.5 Å². The predicted octanol–water partition coefficient (Wildman–Crippen LogP) is 2.14. The molecule has 1 amide bonds. The van der Waals surface area contributed by atoms with Crippen LogP contribution in [0.15, 0.2) is 12.1 Å². The van der Waals surface area contributed by atoms with Crippen molar-refractivity contribution in [2.45, 2.75) is 32.8 Å². The number of aliphatic hydroxyl groups is 1. The van der Waals surface area contributed by atoms with Gasteiger partial charge in [0.1, 0.15) is 5.15 Å². The van der Waals surface area contributed by atoms with Crippen LogP contribution >= 0.6 is 11.6 Å². The Morgan fingerprint density at radius 3 is 2.61 bits per heavy atom. The molecule has 4 nitrogen and oxygen atoms in total. The first kappa shape index (κ1) is 14.9. The first-order valence-corrected chi connectivity index (χ1v) is 6.25. The zero-order chi connectivity index (χ0) is 13.9. The Morgan fingerprint density at radius 2 is 2.11 bits per heavy atom. The van der Waals surface area contributed by atoms with Crippen LogP contribution in [0.5, 0.6) is 0 Å². The van der Waals surface area contributed by atoms with Gasteiger partial charge in [-0.2, -0.15) is 0 Å². The van der Waals surface area contributed by atoms with Crippen LogP contribution in [-0.2, 0) is 6.42 Å². The smallest absolute Gasteiger partial charge is 0.253 e. The van der Waals surface area contributed by atoms with Gasteiger partial charge in [0, 0.05) is 24.8 Å². The number of halogens is 1. The Morgan fingerprint density at radius 1 is 1.50 bits per heavy atom. The number of nitrogens with zero attached hydrogens (tertiary/aromatic N) is 2. The van der Waals surface area contributed by atoms with E-state index in [1.165, 1.54) is 4.90 Å². The Bertz CT molecular complexity index is 441. The lowest BCUT2D eigenvalue weighted by Gasteiger charge is -2.25. The standard InChI is InChI=1S/C13H19ClN2O2/c1-5-10-6-9(7-11(14)15-10)12(17)16(4)8-13(2,3)18/h6-7,18H,5,8H2,1-4H3. The second-order valence-electron chi connectivity index (χ2n) is 5.00. The number of carbonyl (C=O) groups is 1. The highest BCUT2D eigenvalue weighted by Crippen LogP contribution is 2.14. The van der Waals surface area contributed by atoms with Crippen LogP contribution < -0.4 is 0 Å². The van der Waals surface area contributed by atoms with Gasteiger partial charge >= 0.3 is 0 Å². The molecule has 1 rings (SSSR count). The van der Waals surface area contributed by atoms with Crippen molar-refractivity contribution < 1.29 is 9.90 Å². The Labute approximate surface area is 113 Å². The lowest BCUT2D eigenvalue weighted by atomic mass is 10.1. The monoisotopic (exact) mass is 270 g/mol. The summed E-state index contributed by atoms with van der Waals surface area (Å²) in [5.41, 5.74) is 0.357. The van der Waals surface area contributed by atoms with E-state index in [0.717, 1.165) is 12.1 Å². The number of rotatable bonds is 4. The minimum absolute atomic E-state index is 0.170. The van der Waals surface area contributed by atoms with E-state index in [0.29, 0.717) is 10.7 Å². The summed E-state index contributed by atoms with van der Waals surface area (Å²) in [7, 11) is 1.65. The van der Waals surface area contributed by atoms with Crippen molar-refractivity contribution in [3.8, 4) is 0 Å². The van der Waals surface area contributed by atoms with Gasteiger partial charge in [-0.3, -0.25) is 4.79 Å². The van der Waals surface area contributed by atoms with Crippen LogP contribution in [-0.4, -0.2) is 40.1 Å². The number of aromatic nitrogens is 1. The molecule has 5 heteroatoms. The van der Waals surface area contributed by atoms with Crippen molar-refractivity contribution in [3.63, 3.8) is 0 Å². The van der Waals surface area contributed by atoms with E-state index in [1.54, 1.807) is 33.0 Å². The van der Waals surface area contributed by atoms with E-state index < -0.39 is 5.60 Å². The molecule has 1 aromatic rings. The molecule has 0 fully saturated rings. The third kappa shape index (κ3) is 4.27. The molecule has 1 aromatic heterocycles. The summed E-state index contributed by atoms with van der Waals surface area (Å²) in [6, 6.07) is 3.28. The summed E-state index contributed by atoms with van der Waals surface area (Å²) in [5, 5.41) is 10.0. The highest BCUT2D eigenvalue weighted by molar-refractivity contribution is 6.29. The number of pyridine rings is 1. The summed E-state index contributed by atoms with van der Waals surface area (Å²) in [6.45, 7) is 5.53. The van der Waals surface area contributed by atoms with Gasteiger partial charge in [0.2, 0.25) is 0 Å². The zero-order valence-corrected chi connectivity index (χ0v) is 12.0. The van der Waals surface area contributed by atoms with E-state index >= 15 is 0 Å². The summed E-state index contributed by atoms with van der Waals surface area (Å²) < 4.78 is 0. The normalized spacial score (nSPS) is 11.4.